The highest BCUT2D eigenvalue weighted by Crippen LogP contribution is 2.38. The summed E-state index contributed by atoms with van der Waals surface area (Å²) >= 11 is 0. The SMILES string of the molecule is CC(CS(C)=O)N(C)Cc1noc(C2CC2)n1. The molecule has 1 fully saturated rings. The second-order valence-electron chi connectivity index (χ2n) is 4.83. The molecule has 96 valence electrons. The van der Waals surface area contributed by atoms with E-state index in [2.05, 4.69) is 22.0 Å². The fraction of sp³-hybridized carbons (Fsp3) is 0.818. The Labute approximate surface area is 104 Å². The maximum Gasteiger partial charge on any atom is 0.229 e. The molecule has 0 bridgehead atoms. The van der Waals surface area contributed by atoms with Crippen molar-refractivity contribution in [1.82, 2.24) is 15.0 Å². The minimum absolute atomic E-state index is 0.253. The van der Waals surface area contributed by atoms with E-state index in [1.54, 1.807) is 6.26 Å². The van der Waals surface area contributed by atoms with Crippen LogP contribution < -0.4 is 0 Å². The summed E-state index contributed by atoms with van der Waals surface area (Å²) in [5.41, 5.74) is 0. The monoisotopic (exact) mass is 257 g/mol. The lowest BCUT2D eigenvalue weighted by Crippen LogP contribution is -2.33. The van der Waals surface area contributed by atoms with Gasteiger partial charge >= 0.3 is 0 Å². The van der Waals surface area contributed by atoms with Crippen molar-refractivity contribution < 1.29 is 8.73 Å². The van der Waals surface area contributed by atoms with Crippen molar-refractivity contribution in [2.75, 3.05) is 19.1 Å². The molecule has 0 N–H and O–H groups in total. The molecular formula is C11H19N3O2S. The fourth-order valence-corrected chi connectivity index (χ4v) is 2.61. The zero-order valence-corrected chi connectivity index (χ0v) is 11.4. The standard InChI is InChI=1S/C11H19N3O2S/c1-8(7-17(3)15)14(2)6-10-12-11(16-13-10)9-4-5-9/h8-9H,4-7H2,1-3H3. The van der Waals surface area contributed by atoms with Gasteiger partial charge < -0.3 is 4.52 Å². The first-order valence-electron chi connectivity index (χ1n) is 5.89. The maximum absolute atomic E-state index is 11.1. The third-order valence-corrected chi connectivity index (χ3v) is 3.98. The van der Waals surface area contributed by atoms with Gasteiger partial charge in [-0.3, -0.25) is 9.11 Å². The normalized spacial score (nSPS) is 19.5. The van der Waals surface area contributed by atoms with Crippen molar-refractivity contribution >= 4 is 10.8 Å². The molecule has 1 saturated carbocycles. The van der Waals surface area contributed by atoms with E-state index in [0.29, 0.717) is 18.2 Å². The predicted molar refractivity (Wildman–Crippen MR) is 66.1 cm³/mol. The molecule has 1 aromatic heterocycles. The molecule has 1 aliphatic carbocycles. The van der Waals surface area contributed by atoms with Crippen molar-refractivity contribution in [2.24, 2.45) is 0 Å². The van der Waals surface area contributed by atoms with E-state index in [9.17, 15) is 4.21 Å². The second kappa shape index (κ2) is 5.27. The Hall–Kier alpha value is -0.750. The van der Waals surface area contributed by atoms with Crippen LogP contribution in [0.2, 0.25) is 0 Å². The average molecular weight is 257 g/mol. The van der Waals surface area contributed by atoms with Crippen LogP contribution in [0.1, 0.15) is 37.4 Å². The van der Waals surface area contributed by atoms with Gasteiger partial charge in [0.25, 0.3) is 0 Å². The van der Waals surface area contributed by atoms with E-state index in [0.717, 1.165) is 11.7 Å². The fourth-order valence-electron chi connectivity index (χ4n) is 1.67. The zero-order chi connectivity index (χ0) is 12.4. The molecule has 5 nitrogen and oxygen atoms in total. The molecule has 2 rings (SSSR count). The highest BCUT2D eigenvalue weighted by atomic mass is 32.2. The van der Waals surface area contributed by atoms with Crippen LogP contribution in [0.5, 0.6) is 0 Å². The Morgan fingerprint density at radius 1 is 1.59 bits per heavy atom. The van der Waals surface area contributed by atoms with E-state index in [-0.39, 0.29) is 6.04 Å². The van der Waals surface area contributed by atoms with Gasteiger partial charge in [-0.25, -0.2) is 0 Å². The molecule has 6 heteroatoms. The Morgan fingerprint density at radius 2 is 2.29 bits per heavy atom. The number of hydrogen-bond acceptors (Lipinski definition) is 5. The lowest BCUT2D eigenvalue weighted by atomic mass is 10.3. The highest BCUT2D eigenvalue weighted by molar-refractivity contribution is 7.84. The predicted octanol–water partition coefficient (Wildman–Crippen LogP) is 1.15. The summed E-state index contributed by atoms with van der Waals surface area (Å²) in [4.78, 5) is 6.48. The minimum atomic E-state index is -0.772. The van der Waals surface area contributed by atoms with E-state index in [1.165, 1.54) is 12.8 Å². The summed E-state index contributed by atoms with van der Waals surface area (Å²) in [6.45, 7) is 2.71. The summed E-state index contributed by atoms with van der Waals surface area (Å²) in [7, 11) is 1.22. The van der Waals surface area contributed by atoms with E-state index < -0.39 is 10.8 Å². The minimum Gasteiger partial charge on any atom is -0.339 e. The van der Waals surface area contributed by atoms with Gasteiger partial charge in [-0.05, 0) is 26.8 Å². The number of nitrogens with zero attached hydrogens (tertiary/aromatic N) is 3. The van der Waals surface area contributed by atoms with Crippen LogP contribution in [0.15, 0.2) is 4.52 Å². The van der Waals surface area contributed by atoms with Crippen LogP contribution in [0.25, 0.3) is 0 Å². The van der Waals surface area contributed by atoms with Gasteiger partial charge in [0.1, 0.15) is 0 Å². The van der Waals surface area contributed by atoms with E-state index >= 15 is 0 Å². The largest absolute Gasteiger partial charge is 0.339 e. The summed E-state index contributed by atoms with van der Waals surface area (Å²) in [6, 6.07) is 0.253. The molecule has 0 aliphatic heterocycles. The first kappa shape index (κ1) is 12.7. The van der Waals surface area contributed by atoms with Gasteiger partial charge in [0.15, 0.2) is 5.82 Å². The molecule has 0 aromatic carbocycles. The smallest absolute Gasteiger partial charge is 0.229 e. The number of rotatable bonds is 6. The quantitative estimate of drug-likeness (QED) is 0.765. The first-order chi connectivity index (χ1) is 8.06. The molecular weight excluding hydrogens is 238 g/mol. The van der Waals surface area contributed by atoms with Crippen molar-refractivity contribution in [3.8, 4) is 0 Å². The van der Waals surface area contributed by atoms with Gasteiger partial charge in [-0.2, -0.15) is 4.98 Å². The summed E-state index contributed by atoms with van der Waals surface area (Å²) in [5, 5.41) is 3.98. The lowest BCUT2D eigenvalue weighted by Gasteiger charge is -2.21. The molecule has 17 heavy (non-hydrogen) atoms. The lowest BCUT2D eigenvalue weighted by molar-refractivity contribution is 0.256. The summed E-state index contributed by atoms with van der Waals surface area (Å²) in [6.07, 6.45) is 4.06. The molecule has 1 heterocycles. The molecule has 0 spiro atoms. The maximum atomic E-state index is 11.1. The molecule has 1 aromatic rings. The summed E-state index contributed by atoms with van der Waals surface area (Å²) in [5.74, 6) is 2.68. The third kappa shape index (κ3) is 3.61. The van der Waals surface area contributed by atoms with Gasteiger partial charge in [0.05, 0.1) is 6.54 Å². The Kier molecular flexibility index (Phi) is 3.93. The average Bonchev–Trinajstić information content (AvgIpc) is 2.99. The van der Waals surface area contributed by atoms with Gasteiger partial charge in [-0.1, -0.05) is 5.16 Å². The number of hydrogen-bond donors (Lipinski definition) is 0. The molecule has 2 atom stereocenters. The van der Waals surface area contributed by atoms with Crippen LogP contribution in [0, 0.1) is 0 Å². The second-order valence-corrected chi connectivity index (χ2v) is 6.31. The third-order valence-electron chi connectivity index (χ3n) is 3.03. The van der Waals surface area contributed by atoms with Crippen LogP contribution in [-0.4, -0.2) is 44.3 Å². The molecule has 0 saturated heterocycles. The number of aromatic nitrogens is 2. The highest BCUT2D eigenvalue weighted by Gasteiger charge is 2.29. The van der Waals surface area contributed by atoms with Crippen LogP contribution >= 0.6 is 0 Å². The Morgan fingerprint density at radius 3 is 2.88 bits per heavy atom. The molecule has 1 aliphatic rings. The van der Waals surface area contributed by atoms with Crippen molar-refractivity contribution in [1.29, 1.82) is 0 Å². The Bertz CT molecular complexity index is 403. The van der Waals surface area contributed by atoms with E-state index in [1.807, 2.05) is 7.05 Å². The van der Waals surface area contributed by atoms with Crippen molar-refractivity contribution in [3.63, 3.8) is 0 Å². The van der Waals surface area contributed by atoms with E-state index in [4.69, 9.17) is 4.52 Å². The Balaban J connectivity index is 1.87. The molecule has 0 amide bonds. The first-order valence-corrected chi connectivity index (χ1v) is 7.61. The van der Waals surface area contributed by atoms with Gasteiger partial charge in [-0.15, -0.1) is 0 Å². The van der Waals surface area contributed by atoms with Crippen LogP contribution in [0.3, 0.4) is 0 Å². The zero-order valence-electron chi connectivity index (χ0n) is 10.5. The van der Waals surface area contributed by atoms with Gasteiger partial charge in [0.2, 0.25) is 5.89 Å². The topological polar surface area (TPSA) is 59.2 Å². The van der Waals surface area contributed by atoms with Crippen LogP contribution in [0.4, 0.5) is 0 Å². The summed E-state index contributed by atoms with van der Waals surface area (Å²) < 4.78 is 16.3. The van der Waals surface area contributed by atoms with Crippen molar-refractivity contribution in [2.45, 2.75) is 38.3 Å². The molecule has 2 unspecified atom stereocenters. The van der Waals surface area contributed by atoms with Crippen LogP contribution in [-0.2, 0) is 17.3 Å². The van der Waals surface area contributed by atoms with Gasteiger partial charge in [0, 0.05) is 34.8 Å². The molecule has 0 radical (unpaired) electrons. The van der Waals surface area contributed by atoms with Crippen molar-refractivity contribution in [3.05, 3.63) is 11.7 Å².